The summed E-state index contributed by atoms with van der Waals surface area (Å²) in [4.78, 5) is 19.9. The van der Waals surface area contributed by atoms with Gasteiger partial charge in [0.25, 0.3) is 0 Å². The van der Waals surface area contributed by atoms with Crippen LogP contribution in [-0.2, 0) is 9.53 Å². The summed E-state index contributed by atoms with van der Waals surface area (Å²) >= 11 is 5.73. The molecule has 0 saturated carbocycles. The van der Waals surface area contributed by atoms with Gasteiger partial charge in [0.15, 0.2) is 0 Å². The van der Waals surface area contributed by atoms with Gasteiger partial charge in [-0.25, -0.2) is 4.98 Å². The summed E-state index contributed by atoms with van der Waals surface area (Å²) in [7, 11) is 0. The third-order valence-electron chi connectivity index (χ3n) is 3.99. The Labute approximate surface area is 140 Å². The molecule has 0 radical (unpaired) electrons. The van der Waals surface area contributed by atoms with E-state index >= 15 is 0 Å². The molecule has 0 aromatic carbocycles. The fourth-order valence-corrected chi connectivity index (χ4v) is 3.01. The van der Waals surface area contributed by atoms with E-state index < -0.39 is 0 Å². The van der Waals surface area contributed by atoms with Crippen LogP contribution in [0.4, 0.5) is 5.82 Å². The maximum atomic E-state index is 12.0. The Morgan fingerprint density at radius 2 is 2.04 bits per heavy atom. The predicted octanol–water partition coefficient (Wildman–Crippen LogP) is 3.32. The second-order valence-corrected chi connectivity index (χ2v) is 6.03. The third-order valence-corrected chi connectivity index (χ3v) is 4.21. The zero-order valence-electron chi connectivity index (χ0n) is 12.6. The summed E-state index contributed by atoms with van der Waals surface area (Å²) in [6.45, 7) is 0. The van der Waals surface area contributed by atoms with Crippen molar-refractivity contribution in [3.63, 3.8) is 0 Å². The number of carbonyl (C=O) groups excluding carboxylic acids is 1. The third kappa shape index (κ3) is 4.27. The molecular formula is C17H18ClN3O2. The van der Waals surface area contributed by atoms with Gasteiger partial charge in [0.1, 0.15) is 5.82 Å². The fourth-order valence-electron chi connectivity index (χ4n) is 2.90. The fraction of sp³-hybridized carbons (Fsp3) is 0.353. The van der Waals surface area contributed by atoms with Crippen molar-refractivity contribution in [3.05, 3.63) is 53.9 Å². The highest BCUT2D eigenvalue weighted by molar-refractivity contribution is 6.30. The minimum Gasteiger partial charge on any atom is -0.374 e. The van der Waals surface area contributed by atoms with Gasteiger partial charge in [0.2, 0.25) is 5.91 Å². The van der Waals surface area contributed by atoms with Gasteiger partial charge in [-0.2, -0.15) is 0 Å². The van der Waals surface area contributed by atoms with Crippen LogP contribution >= 0.6 is 11.6 Å². The van der Waals surface area contributed by atoms with Crippen LogP contribution in [0.25, 0.3) is 0 Å². The monoisotopic (exact) mass is 331 g/mol. The normalized spacial score (nSPS) is 24.7. The van der Waals surface area contributed by atoms with Crippen molar-refractivity contribution in [1.82, 2.24) is 9.97 Å². The first-order valence-corrected chi connectivity index (χ1v) is 8.03. The lowest BCUT2D eigenvalue weighted by Gasteiger charge is -2.17. The van der Waals surface area contributed by atoms with E-state index in [1.54, 1.807) is 24.5 Å². The minimum absolute atomic E-state index is 0.00650. The molecule has 2 aliphatic rings. The van der Waals surface area contributed by atoms with E-state index in [4.69, 9.17) is 16.3 Å². The molecule has 0 spiro atoms. The molecule has 2 fully saturated rings. The highest BCUT2D eigenvalue weighted by Gasteiger charge is 2.44. The first kappa shape index (κ1) is 15.9. The van der Waals surface area contributed by atoms with Gasteiger partial charge in [-0.3, -0.25) is 9.78 Å². The summed E-state index contributed by atoms with van der Waals surface area (Å²) in [5, 5.41) is 3.37. The molecule has 23 heavy (non-hydrogen) atoms. The van der Waals surface area contributed by atoms with E-state index in [0.717, 1.165) is 19.3 Å². The van der Waals surface area contributed by atoms with Crippen LogP contribution in [0.5, 0.6) is 0 Å². The predicted molar refractivity (Wildman–Crippen MR) is 88.1 cm³/mol. The van der Waals surface area contributed by atoms with E-state index in [9.17, 15) is 4.79 Å². The van der Waals surface area contributed by atoms with Gasteiger partial charge in [0.05, 0.1) is 23.1 Å². The van der Waals surface area contributed by atoms with Crippen LogP contribution in [0.15, 0.2) is 48.9 Å². The molecule has 3 unspecified atom stereocenters. The number of pyridine rings is 2. The Bertz CT molecular complexity index is 609. The summed E-state index contributed by atoms with van der Waals surface area (Å²) < 4.78 is 5.66. The molecule has 120 valence electrons. The number of carbonyl (C=O) groups is 1. The number of nitrogens with zero attached hydrogens (tertiary/aromatic N) is 2. The molecule has 0 aliphatic carbocycles. The Balaban J connectivity index is 0.000000220. The van der Waals surface area contributed by atoms with Crippen LogP contribution in [0.2, 0.25) is 5.02 Å². The maximum Gasteiger partial charge on any atom is 0.231 e. The number of hydrogen-bond donors (Lipinski definition) is 1. The Hall–Kier alpha value is -1.98. The minimum atomic E-state index is -0.0220. The number of aromatic nitrogens is 2. The van der Waals surface area contributed by atoms with Crippen molar-refractivity contribution in [2.45, 2.75) is 31.5 Å². The molecule has 5 nitrogen and oxygen atoms in total. The van der Waals surface area contributed by atoms with E-state index in [2.05, 4.69) is 15.3 Å². The molecule has 2 aliphatic heterocycles. The van der Waals surface area contributed by atoms with Gasteiger partial charge in [-0.05, 0) is 43.5 Å². The molecule has 1 amide bonds. The number of amides is 1. The lowest BCUT2D eigenvalue weighted by Crippen LogP contribution is -2.30. The summed E-state index contributed by atoms with van der Waals surface area (Å²) in [6.07, 6.45) is 8.34. The second kappa shape index (κ2) is 7.53. The maximum absolute atomic E-state index is 12.0. The zero-order valence-corrected chi connectivity index (χ0v) is 13.3. The van der Waals surface area contributed by atoms with Crippen molar-refractivity contribution in [2.24, 2.45) is 5.92 Å². The zero-order chi connectivity index (χ0) is 16.1. The average molecular weight is 332 g/mol. The van der Waals surface area contributed by atoms with Crippen LogP contribution in [0.1, 0.15) is 19.3 Å². The number of ether oxygens (including phenoxy) is 1. The second-order valence-electron chi connectivity index (χ2n) is 5.59. The number of nitrogens with one attached hydrogen (secondary N) is 1. The van der Waals surface area contributed by atoms with Crippen LogP contribution < -0.4 is 5.32 Å². The Kier molecular flexibility index (Phi) is 5.20. The number of anilines is 1. The van der Waals surface area contributed by atoms with Crippen molar-refractivity contribution < 1.29 is 9.53 Å². The Morgan fingerprint density at radius 1 is 1.22 bits per heavy atom. The van der Waals surface area contributed by atoms with Gasteiger partial charge >= 0.3 is 0 Å². The van der Waals surface area contributed by atoms with Crippen LogP contribution in [-0.4, -0.2) is 28.1 Å². The SMILES string of the molecule is O=C(Nc1ccc(Cl)cn1)C1CC2CCC1O2.c1ccncc1. The molecule has 4 heterocycles. The smallest absolute Gasteiger partial charge is 0.231 e. The number of fused-ring (bicyclic) bond motifs is 2. The first-order valence-electron chi connectivity index (χ1n) is 7.65. The van der Waals surface area contributed by atoms with Gasteiger partial charge < -0.3 is 10.1 Å². The molecule has 2 saturated heterocycles. The molecule has 4 rings (SSSR count). The van der Waals surface area contributed by atoms with E-state index in [0.29, 0.717) is 10.8 Å². The molecule has 2 bridgehead atoms. The molecule has 1 N–H and O–H groups in total. The topological polar surface area (TPSA) is 64.1 Å². The van der Waals surface area contributed by atoms with Gasteiger partial charge in [0, 0.05) is 18.6 Å². The lowest BCUT2D eigenvalue weighted by molar-refractivity contribution is -0.121. The highest BCUT2D eigenvalue weighted by Crippen LogP contribution is 2.39. The van der Waals surface area contributed by atoms with Gasteiger partial charge in [-0.1, -0.05) is 17.7 Å². The summed E-state index contributed by atoms with van der Waals surface area (Å²) in [5.74, 6) is 0.528. The van der Waals surface area contributed by atoms with Crippen molar-refractivity contribution in [2.75, 3.05) is 5.32 Å². The molecule has 2 aromatic heterocycles. The number of rotatable bonds is 2. The summed E-state index contributed by atoms with van der Waals surface area (Å²) in [6, 6.07) is 9.13. The molecule has 2 aromatic rings. The standard InChI is InChI=1S/C12H13ClN2O2.C5H5N/c13-7-1-4-11(14-6-7)15-12(16)9-5-8-2-3-10(9)17-8;1-2-4-6-5-3-1/h1,4,6,8-10H,2-3,5H2,(H,14,15,16);1-5H. The highest BCUT2D eigenvalue weighted by atomic mass is 35.5. The Morgan fingerprint density at radius 3 is 2.52 bits per heavy atom. The lowest BCUT2D eigenvalue weighted by atomic mass is 9.88. The summed E-state index contributed by atoms with van der Waals surface area (Å²) in [5.41, 5.74) is 0. The quantitative estimate of drug-likeness (QED) is 0.916. The molecule has 6 heteroatoms. The van der Waals surface area contributed by atoms with Crippen LogP contribution in [0.3, 0.4) is 0 Å². The molecular weight excluding hydrogens is 314 g/mol. The molecule has 3 atom stereocenters. The van der Waals surface area contributed by atoms with E-state index in [1.165, 1.54) is 6.20 Å². The number of hydrogen-bond acceptors (Lipinski definition) is 4. The number of halogens is 1. The largest absolute Gasteiger partial charge is 0.374 e. The average Bonchev–Trinajstić information content (AvgIpc) is 3.22. The first-order chi connectivity index (χ1) is 11.2. The van der Waals surface area contributed by atoms with Gasteiger partial charge in [-0.15, -0.1) is 0 Å². The van der Waals surface area contributed by atoms with Crippen molar-refractivity contribution in [3.8, 4) is 0 Å². The van der Waals surface area contributed by atoms with Crippen molar-refractivity contribution >= 4 is 23.3 Å². The van der Waals surface area contributed by atoms with Crippen LogP contribution in [0, 0.1) is 5.92 Å². The van der Waals surface area contributed by atoms with Crippen molar-refractivity contribution in [1.29, 1.82) is 0 Å². The van der Waals surface area contributed by atoms with E-state index in [1.807, 2.05) is 18.2 Å². The van der Waals surface area contributed by atoms with E-state index in [-0.39, 0.29) is 24.0 Å².